The Hall–Kier alpha value is -2.22. The molecule has 2 N–H and O–H groups in total. The number of nitrogens with one attached hydrogen (secondary N) is 1. The Bertz CT molecular complexity index is 609. The van der Waals surface area contributed by atoms with Gasteiger partial charge in [0.1, 0.15) is 5.69 Å². The van der Waals surface area contributed by atoms with Crippen LogP contribution in [0.25, 0.3) is 0 Å². The average molecular weight is 323 g/mol. The number of ether oxygens (including phenoxy) is 1. The smallest absolute Gasteiger partial charge is 0.311 e. The van der Waals surface area contributed by atoms with Gasteiger partial charge in [0.2, 0.25) is 0 Å². The summed E-state index contributed by atoms with van der Waals surface area (Å²) in [4.78, 5) is 36.8. The van der Waals surface area contributed by atoms with Crippen molar-refractivity contribution in [1.82, 2.24) is 15.1 Å². The molecule has 1 fully saturated rings. The molecule has 8 nitrogen and oxygen atoms in total. The Labute approximate surface area is 133 Å². The Kier molecular flexibility index (Phi) is 5.49. The standard InChI is InChI=1S/C15H21N3O5/c1-23-9-3-7-15(14(21)22)6-2-8-18(10-15)13(20)11-4-5-12(19)17-16-11/h4-5H,2-3,6-10H2,1H3,(H,17,19)(H,21,22). The van der Waals surface area contributed by atoms with E-state index in [9.17, 15) is 19.5 Å². The molecule has 1 saturated heterocycles. The zero-order valence-electron chi connectivity index (χ0n) is 13.1. The average Bonchev–Trinajstić information content (AvgIpc) is 2.55. The van der Waals surface area contributed by atoms with Crippen LogP contribution >= 0.6 is 0 Å². The monoisotopic (exact) mass is 323 g/mol. The number of aromatic nitrogens is 2. The van der Waals surface area contributed by atoms with Gasteiger partial charge in [0.25, 0.3) is 11.5 Å². The highest BCUT2D eigenvalue weighted by Crippen LogP contribution is 2.35. The van der Waals surface area contributed by atoms with E-state index in [1.54, 1.807) is 7.11 Å². The molecule has 0 aromatic carbocycles. The largest absolute Gasteiger partial charge is 0.481 e. The summed E-state index contributed by atoms with van der Waals surface area (Å²) in [7, 11) is 1.58. The lowest BCUT2D eigenvalue weighted by Gasteiger charge is -2.39. The van der Waals surface area contributed by atoms with Crippen LogP contribution in [0.1, 0.15) is 36.2 Å². The molecule has 0 saturated carbocycles. The van der Waals surface area contributed by atoms with Gasteiger partial charge in [-0.2, -0.15) is 5.10 Å². The van der Waals surface area contributed by atoms with Crippen LogP contribution in [0.2, 0.25) is 0 Å². The van der Waals surface area contributed by atoms with Crippen LogP contribution in [0.5, 0.6) is 0 Å². The van der Waals surface area contributed by atoms with Gasteiger partial charge in [-0.25, -0.2) is 5.10 Å². The highest BCUT2D eigenvalue weighted by atomic mass is 16.5. The minimum atomic E-state index is -0.950. The number of hydrogen-bond donors (Lipinski definition) is 2. The Morgan fingerprint density at radius 2 is 2.26 bits per heavy atom. The van der Waals surface area contributed by atoms with E-state index in [4.69, 9.17) is 4.74 Å². The number of likely N-dealkylation sites (tertiary alicyclic amines) is 1. The number of H-pyrrole nitrogens is 1. The molecule has 0 radical (unpaired) electrons. The zero-order chi connectivity index (χ0) is 16.9. The lowest BCUT2D eigenvalue weighted by atomic mass is 9.76. The van der Waals surface area contributed by atoms with Crippen LogP contribution < -0.4 is 5.56 Å². The molecule has 0 aliphatic carbocycles. The number of aliphatic carboxylic acids is 1. The molecule has 23 heavy (non-hydrogen) atoms. The van der Waals surface area contributed by atoms with E-state index in [1.807, 2.05) is 0 Å². The Morgan fingerprint density at radius 1 is 1.48 bits per heavy atom. The molecule has 1 unspecified atom stereocenters. The molecular formula is C15H21N3O5. The summed E-state index contributed by atoms with van der Waals surface area (Å²) >= 11 is 0. The minimum Gasteiger partial charge on any atom is -0.481 e. The molecule has 126 valence electrons. The topological polar surface area (TPSA) is 113 Å². The summed E-state index contributed by atoms with van der Waals surface area (Å²) in [5.74, 6) is -1.25. The molecule has 2 rings (SSSR count). The van der Waals surface area contributed by atoms with E-state index in [-0.39, 0.29) is 23.7 Å². The van der Waals surface area contributed by atoms with Gasteiger partial charge < -0.3 is 14.7 Å². The first-order chi connectivity index (χ1) is 11.0. The fourth-order valence-electron chi connectivity index (χ4n) is 2.97. The minimum absolute atomic E-state index is 0.114. The second kappa shape index (κ2) is 7.36. The number of nitrogens with zero attached hydrogens (tertiary/aromatic N) is 2. The summed E-state index contributed by atoms with van der Waals surface area (Å²) in [6, 6.07) is 2.58. The highest BCUT2D eigenvalue weighted by molar-refractivity contribution is 5.92. The first kappa shape index (κ1) is 17.1. The van der Waals surface area contributed by atoms with Gasteiger partial charge in [0.05, 0.1) is 5.41 Å². The van der Waals surface area contributed by atoms with Crippen molar-refractivity contribution in [3.05, 3.63) is 28.2 Å². The van der Waals surface area contributed by atoms with Crippen LogP contribution in [-0.4, -0.2) is 58.9 Å². The van der Waals surface area contributed by atoms with E-state index < -0.39 is 11.4 Å². The maximum absolute atomic E-state index is 12.5. The van der Waals surface area contributed by atoms with E-state index in [0.29, 0.717) is 38.8 Å². The molecule has 2 heterocycles. The van der Waals surface area contributed by atoms with Gasteiger partial charge in [0.15, 0.2) is 0 Å². The fourth-order valence-corrected chi connectivity index (χ4v) is 2.97. The number of hydrogen-bond acceptors (Lipinski definition) is 5. The number of amides is 1. The van der Waals surface area contributed by atoms with Crippen molar-refractivity contribution in [2.45, 2.75) is 25.7 Å². The van der Waals surface area contributed by atoms with Crippen molar-refractivity contribution in [3.63, 3.8) is 0 Å². The van der Waals surface area contributed by atoms with E-state index in [2.05, 4.69) is 10.2 Å². The number of carboxylic acids is 1. The molecule has 1 aliphatic rings. The van der Waals surface area contributed by atoms with Crippen LogP contribution in [0.4, 0.5) is 0 Å². The maximum Gasteiger partial charge on any atom is 0.311 e. The number of carboxylic acid groups (broad SMARTS) is 1. The SMILES string of the molecule is COCCCC1(C(=O)O)CCCN(C(=O)c2ccc(=O)[nH]n2)C1. The van der Waals surface area contributed by atoms with Crippen molar-refractivity contribution in [3.8, 4) is 0 Å². The summed E-state index contributed by atoms with van der Waals surface area (Å²) in [6.07, 6.45) is 2.24. The van der Waals surface area contributed by atoms with Gasteiger partial charge >= 0.3 is 5.97 Å². The third kappa shape index (κ3) is 3.95. The number of carbonyl (C=O) groups excluding carboxylic acids is 1. The Balaban J connectivity index is 2.14. The molecule has 0 bridgehead atoms. The van der Waals surface area contributed by atoms with Gasteiger partial charge in [-0.15, -0.1) is 0 Å². The Morgan fingerprint density at radius 3 is 2.87 bits per heavy atom. The van der Waals surface area contributed by atoms with Crippen LogP contribution in [0.3, 0.4) is 0 Å². The predicted molar refractivity (Wildman–Crippen MR) is 81.2 cm³/mol. The number of carbonyl (C=O) groups is 2. The summed E-state index contributed by atoms with van der Waals surface area (Å²) in [6.45, 7) is 1.12. The second-order valence-electron chi connectivity index (χ2n) is 5.82. The van der Waals surface area contributed by atoms with Gasteiger partial charge in [-0.3, -0.25) is 14.4 Å². The summed E-state index contributed by atoms with van der Waals surface area (Å²) in [5, 5.41) is 15.6. The predicted octanol–water partition coefficient (Wildman–Crippen LogP) is 0.504. The highest BCUT2D eigenvalue weighted by Gasteiger charge is 2.43. The lowest BCUT2D eigenvalue weighted by molar-refractivity contribution is -0.152. The summed E-state index contributed by atoms with van der Waals surface area (Å²) in [5.41, 5.74) is -1.23. The van der Waals surface area contributed by atoms with Gasteiger partial charge in [-0.1, -0.05) is 0 Å². The first-order valence-corrected chi connectivity index (χ1v) is 7.56. The number of aromatic amines is 1. The quantitative estimate of drug-likeness (QED) is 0.737. The molecule has 1 aliphatic heterocycles. The summed E-state index contributed by atoms with van der Waals surface area (Å²) < 4.78 is 5.00. The second-order valence-corrected chi connectivity index (χ2v) is 5.82. The van der Waals surface area contributed by atoms with Crippen molar-refractivity contribution in [1.29, 1.82) is 0 Å². The van der Waals surface area contributed by atoms with E-state index in [1.165, 1.54) is 17.0 Å². The lowest BCUT2D eigenvalue weighted by Crippen LogP contribution is -2.50. The molecule has 1 atom stereocenters. The molecule has 0 spiro atoms. The zero-order valence-corrected chi connectivity index (χ0v) is 13.1. The van der Waals surface area contributed by atoms with Crippen LogP contribution in [-0.2, 0) is 9.53 Å². The van der Waals surface area contributed by atoms with E-state index >= 15 is 0 Å². The maximum atomic E-state index is 12.5. The van der Waals surface area contributed by atoms with Gasteiger partial charge in [-0.05, 0) is 31.7 Å². The van der Waals surface area contributed by atoms with Gasteiger partial charge in [0, 0.05) is 32.9 Å². The number of piperidine rings is 1. The normalized spacial score (nSPS) is 21.2. The van der Waals surface area contributed by atoms with Crippen molar-refractivity contribution in [2.75, 3.05) is 26.8 Å². The van der Waals surface area contributed by atoms with E-state index in [0.717, 1.165) is 0 Å². The third-order valence-corrected chi connectivity index (χ3v) is 4.22. The molecule has 1 aromatic heterocycles. The molecule has 8 heteroatoms. The van der Waals surface area contributed by atoms with Crippen molar-refractivity contribution >= 4 is 11.9 Å². The fraction of sp³-hybridized carbons (Fsp3) is 0.600. The molecule has 1 amide bonds. The number of methoxy groups -OCH3 is 1. The first-order valence-electron chi connectivity index (χ1n) is 7.56. The number of rotatable bonds is 6. The van der Waals surface area contributed by atoms with Crippen LogP contribution in [0.15, 0.2) is 16.9 Å². The van der Waals surface area contributed by atoms with Crippen LogP contribution in [0, 0.1) is 5.41 Å². The third-order valence-electron chi connectivity index (χ3n) is 4.22. The van der Waals surface area contributed by atoms with Crippen molar-refractivity contribution in [2.24, 2.45) is 5.41 Å². The molecular weight excluding hydrogens is 302 g/mol. The molecule has 1 aromatic rings. The van der Waals surface area contributed by atoms with Crippen molar-refractivity contribution < 1.29 is 19.4 Å².